The molecule has 0 N–H and O–H groups in total. The molecule has 0 saturated heterocycles. The fraction of sp³-hybridized carbons (Fsp3) is 0.600. The van der Waals surface area contributed by atoms with Crippen LogP contribution in [0.25, 0.3) is 0 Å². The summed E-state index contributed by atoms with van der Waals surface area (Å²) in [5.74, 6) is -4.52. The van der Waals surface area contributed by atoms with Crippen LogP contribution in [0.3, 0.4) is 0 Å². The van der Waals surface area contributed by atoms with Crippen LogP contribution in [0.5, 0.6) is 0 Å². The molecule has 1 aliphatic carbocycles. The van der Waals surface area contributed by atoms with Crippen molar-refractivity contribution in [1.82, 2.24) is 0 Å². The summed E-state index contributed by atoms with van der Waals surface area (Å²) in [6, 6.07) is 0. The topological polar surface area (TPSA) is 86.7 Å². The van der Waals surface area contributed by atoms with E-state index >= 15 is 0 Å². The summed E-state index contributed by atoms with van der Waals surface area (Å²) < 4.78 is 8.80. The Balaban J connectivity index is 2.78. The maximum absolute atomic E-state index is 11.5. The number of ketones is 2. The van der Waals surface area contributed by atoms with E-state index in [2.05, 4.69) is 9.47 Å². The molecule has 0 heterocycles. The zero-order valence-electron chi connectivity index (χ0n) is 9.02. The van der Waals surface area contributed by atoms with Crippen molar-refractivity contribution >= 4 is 23.5 Å². The fourth-order valence-corrected chi connectivity index (χ4v) is 1.63. The standard InChI is InChI=1S/C10H12O6/c1-15-9(13)5-3-8(12)6(4-7(5)11)10(14)16-2/h5-6H,3-4H2,1-2H3/t5-,6-/m0/s1. The van der Waals surface area contributed by atoms with Crippen molar-refractivity contribution in [3.05, 3.63) is 0 Å². The van der Waals surface area contributed by atoms with Gasteiger partial charge in [-0.3, -0.25) is 19.2 Å². The lowest BCUT2D eigenvalue weighted by atomic mass is 9.80. The van der Waals surface area contributed by atoms with Gasteiger partial charge in [0.25, 0.3) is 0 Å². The monoisotopic (exact) mass is 228 g/mol. The lowest BCUT2D eigenvalue weighted by Crippen LogP contribution is -2.40. The first kappa shape index (κ1) is 12.4. The molecule has 1 rings (SSSR count). The predicted molar refractivity (Wildman–Crippen MR) is 50.3 cm³/mol. The highest BCUT2D eigenvalue weighted by molar-refractivity contribution is 6.12. The molecule has 0 unspecified atom stereocenters. The molecule has 0 spiro atoms. The zero-order valence-corrected chi connectivity index (χ0v) is 9.02. The zero-order chi connectivity index (χ0) is 12.3. The van der Waals surface area contributed by atoms with E-state index in [-0.39, 0.29) is 12.8 Å². The van der Waals surface area contributed by atoms with Gasteiger partial charge < -0.3 is 9.47 Å². The van der Waals surface area contributed by atoms with Gasteiger partial charge in [-0.25, -0.2) is 0 Å². The molecule has 0 amide bonds. The SMILES string of the molecule is COC(=O)[C@H]1CC(=O)[C@@H](C(=O)OC)CC1=O. The van der Waals surface area contributed by atoms with Crippen molar-refractivity contribution in [2.45, 2.75) is 12.8 Å². The van der Waals surface area contributed by atoms with Gasteiger partial charge in [-0.1, -0.05) is 0 Å². The van der Waals surface area contributed by atoms with Crippen LogP contribution in [0.2, 0.25) is 0 Å². The summed E-state index contributed by atoms with van der Waals surface area (Å²) in [4.78, 5) is 45.3. The average molecular weight is 228 g/mol. The minimum atomic E-state index is -1.07. The van der Waals surface area contributed by atoms with Crippen LogP contribution in [-0.2, 0) is 28.7 Å². The van der Waals surface area contributed by atoms with Gasteiger partial charge in [-0.15, -0.1) is 0 Å². The average Bonchev–Trinajstić information content (AvgIpc) is 2.29. The maximum atomic E-state index is 11.5. The van der Waals surface area contributed by atoms with Gasteiger partial charge in [0, 0.05) is 12.8 Å². The molecule has 6 heteroatoms. The van der Waals surface area contributed by atoms with E-state index in [9.17, 15) is 19.2 Å². The number of hydrogen-bond donors (Lipinski definition) is 0. The second kappa shape index (κ2) is 4.87. The van der Waals surface area contributed by atoms with Crippen LogP contribution in [0.4, 0.5) is 0 Å². The van der Waals surface area contributed by atoms with Gasteiger partial charge in [0.1, 0.15) is 23.4 Å². The summed E-state index contributed by atoms with van der Waals surface area (Å²) in [6.45, 7) is 0. The molecular formula is C10H12O6. The molecule has 16 heavy (non-hydrogen) atoms. The number of carbonyl (C=O) groups is 4. The van der Waals surface area contributed by atoms with E-state index in [0.29, 0.717) is 0 Å². The van der Waals surface area contributed by atoms with Crippen molar-refractivity contribution in [2.24, 2.45) is 11.8 Å². The number of ether oxygens (including phenoxy) is 2. The van der Waals surface area contributed by atoms with Crippen LogP contribution in [0.15, 0.2) is 0 Å². The highest BCUT2D eigenvalue weighted by Crippen LogP contribution is 2.24. The van der Waals surface area contributed by atoms with E-state index in [1.165, 1.54) is 0 Å². The first-order valence-corrected chi connectivity index (χ1v) is 4.72. The van der Waals surface area contributed by atoms with E-state index in [0.717, 1.165) is 14.2 Å². The van der Waals surface area contributed by atoms with E-state index in [1.807, 2.05) is 0 Å². The van der Waals surface area contributed by atoms with Crippen LogP contribution in [0, 0.1) is 11.8 Å². The molecule has 1 aliphatic rings. The van der Waals surface area contributed by atoms with E-state index < -0.39 is 35.3 Å². The summed E-state index contributed by atoms with van der Waals surface area (Å²) >= 11 is 0. The van der Waals surface area contributed by atoms with E-state index in [1.54, 1.807) is 0 Å². The second-order valence-electron chi connectivity index (χ2n) is 3.49. The molecule has 0 aromatic rings. The Morgan fingerprint density at radius 2 is 1.25 bits per heavy atom. The van der Waals surface area contributed by atoms with Crippen LogP contribution in [0.1, 0.15) is 12.8 Å². The maximum Gasteiger partial charge on any atom is 0.316 e. The van der Waals surface area contributed by atoms with Crippen LogP contribution < -0.4 is 0 Å². The summed E-state index contributed by atoms with van der Waals surface area (Å²) in [5.41, 5.74) is 0. The molecule has 6 nitrogen and oxygen atoms in total. The smallest absolute Gasteiger partial charge is 0.316 e. The number of carbonyl (C=O) groups excluding carboxylic acids is 4. The Labute approximate surface area is 91.9 Å². The van der Waals surface area contributed by atoms with Gasteiger partial charge in [0.2, 0.25) is 0 Å². The molecule has 1 fully saturated rings. The predicted octanol–water partition coefficient (Wildman–Crippen LogP) is -0.503. The Hall–Kier alpha value is -1.72. The first-order chi connectivity index (χ1) is 7.51. The molecule has 1 saturated carbocycles. The molecule has 2 atom stereocenters. The summed E-state index contributed by atoms with van der Waals surface area (Å²) in [7, 11) is 2.29. The molecule has 0 bridgehead atoms. The molecule has 0 aromatic carbocycles. The minimum Gasteiger partial charge on any atom is -0.468 e. The number of esters is 2. The molecule has 0 radical (unpaired) electrons. The van der Waals surface area contributed by atoms with Crippen molar-refractivity contribution in [1.29, 1.82) is 0 Å². The Morgan fingerprint density at radius 3 is 1.50 bits per heavy atom. The minimum absolute atomic E-state index is 0.286. The second-order valence-corrected chi connectivity index (χ2v) is 3.49. The lowest BCUT2D eigenvalue weighted by molar-refractivity contribution is -0.160. The Kier molecular flexibility index (Phi) is 3.76. The van der Waals surface area contributed by atoms with Gasteiger partial charge in [-0.2, -0.15) is 0 Å². The number of hydrogen-bond acceptors (Lipinski definition) is 6. The fourth-order valence-electron chi connectivity index (χ4n) is 1.63. The van der Waals surface area contributed by atoms with Gasteiger partial charge in [0.05, 0.1) is 14.2 Å². The number of rotatable bonds is 2. The third kappa shape index (κ3) is 2.26. The summed E-state index contributed by atoms with van der Waals surface area (Å²) in [5, 5.41) is 0. The molecular weight excluding hydrogens is 216 g/mol. The largest absolute Gasteiger partial charge is 0.468 e. The lowest BCUT2D eigenvalue weighted by Gasteiger charge is -2.22. The van der Waals surface area contributed by atoms with Gasteiger partial charge in [-0.05, 0) is 0 Å². The third-order valence-corrected chi connectivity index (χ3v) is 2.56. The van der Waals surface area contributed by atoms with Crippen LogP contribution >= 0.6 is 0 Å². The van der Waals surface area contributed by atoms with Crippen molar-refractivity contribution < 1.29 is 28.7 Å². The van der Waals surface area contributed by atoms with E-state index in [4.69, 9.17) is 0 Å². The van der Waals surface area contributed by atoms with Crippen molar-refractivity contribution in [2.75, 3.05) is 14.2 Å². The Bertz CT molecular complexity index is 311. The first-order valence-electron chi connectivity index (χ1n) is 4.72. The highest BCUT2D eigenvalue weighted by Gasteiger charge is 2.42. The third-order valence-electron chi connectivity index (χ3n) is 2.56. The molecule has 88 valence electrons. The quantitative estimate of drug-likeness (QED) is 0.467. The van der Waals surface area contributed by atoms with Crippen LogP contribution in [-0.4, -0.2) is 37.7 Å². The van der Waals surface area contributed by atoms with Gasteiger partial charge in [0.15, 0.2) is 0 Å². The summed E-state index contributed by atoms with van der Waals surface area (Å²) in [6.07, 6.45) is -0.573. The normalized spacial score (nSPS) is 25.1. The number of Topliss-reactive ketones (excluding diaryl/α,β-unsaturated/α-hetero) is 2. The highest BCUT2D eigenvalue weighted by atomic mass is 16.5. The number of methoxy groups -OCH3 is 2. The van der Waals surface area contributed by atoms with Gasteiger partial charge >= 0.3 is 11.9 Å². The Morgan fingerprint density at radius 1 is 0.938 bits per heavy atom. The van der Waals surface area contributed by atoms with Crippen molar-refractivity contribution in [3.8, 4) is 0 Å². The van der Waals surface area contributed by atoms with Crippen molar-refractivity contribution in [3.63, 3.8) is 0 Å². The molecule has 0 aromatic heterocycles. The molecule has 0 aliphatic heterocycles.